The average molecular weight is 473 g/mol. The summed E-state index contributed by atoms with van der Waals surface area (Å²) in [6, 6.07) is 24.9. The summed E-state index contributed by atoms with van der Waals surface area (Å²) in [6.07, 6.45) is 0. The number of thioether (sulfide) groups is 1. The van der Waals surface area contributed by atoms with Gasteiger partial charge in [-0.15, -0.1) is 11.8 Å². The number of nitrogens with one attached hydrogen (secondary N) is 1. The second kappa shape index (κ2) is 8.73. The molecular weight excluding hydrogens is 456 g/mol. The number of imide groups is 1. The lowest BCUT2D eigenvalue weighted by molar-refractivity contribution is -0.113. The summed E-state index contributed by atoms with van der Waals surface area (Å²) in [5.74, 6) is -0.706. The van der Waals surface area contributed by atoms with Gasteiger partial charge in [0, 0.05) is 27.1 Å². The molecule has 0 saturated carbocycles. The van der Waals surface area contributed by atoms with Crippen LogP contribution >= 0.6 is 23.4 Å². The van der Waals surface area contributed by atoms with Gasteiger partial charge in [-0.3, -0.25) is 14.4 Å². The number of nitrogens with zero attached hydrogens (tertiary/aromatic N) is 1. The van der Waals surface area contributed by atoms with Gasteiger partial charge in [0.1, 0.15) is 0 Å². The van der Waals surface area contributed by atoms with E-state index in [-0.39, 0.29) is 23.5 Å². The van der Waals surface area contributed by atoms with Crippen LogP contribution in [0.25, 0.3) is 10.8 Å². The first-order chi connectivity index (χ1) is 16.0. The Bertz CT molecular complexity index is 1370. The molecule has 0 aromatic heterocycles. The van der Waals surface area contributed by atoms with E-state index in [1.54, 1.807) is 42.5 Å². The van der Waals surface area contributed by atoms with Crippen LogP contribution in [0.3, 0.4) is 0 Å². The highest BCUT2D eigenvalue weighted by Crippen LogP contribution is 2.33. The van der Waals surface area contributed by atoms with Gasteiger partial charge in [0.2, 0.25) is 5.91 Å². The predicted octanol–water partition coefficient (Wildman–Crippen LogP) is 6.02. The summed E-state index contributed by atoms with van der Waals surface area (Å²) in [5, 5.41) is 4.98. The summed E-state index contributed by atoms with van der Waals surface area (Å²) in [4.78, 5) is 40.6. The van der Waals surface area contributed by atoms with Crippen LogP contribution in [-0.2, 0) is 4.79 Å². The van der Waals surface area contributed by atoms with Crippen molar-refractivity contribution in [1.82, 2.24) is 0 Å². The van der Waals surface area contributed by atoms with Gasteiger partial charge in [-0.05, 0) is 53.9 Å². The van der Waals surface area contributed by atoms with Crippen molar-refractivity contribution in [2.24, 2.45) is 0 Å². The molecule has 0 bridgehead atoms. The zero-order chi connectivity index (χ0) is 22.9. The van der Waals surface area contributed by atoms with Crippen molar-refractivity contribution in [3.8, 4) is 0 Å². The van der Waals surface area contributed by atoms with Gasteiger partial charge in [-0.1, -0.05) is 48.0 Å². The third-order valence-electron chi connectivity index (χ3n) is 5.38. The number of hydrogen-bond donors (Lipinski definition) is 1. The Balaban J connectivity index is 1.32. The first kappa shape index (κ1) is 21.2. The molecule has 0 saturated heterocycles. The van der Waals surface area contributed by atoms with Crippen molar-refractivity contribution >= 4 is 63.2 Å². The standard InChI is InChI=1S/C26H17ClN2O3S/c27-21-9-1-2-10-22(21)33-15-23(30)28-17-11-13-18(14-12-17)29-25(31)19-7-3-5-16-6-4-8-20(24(16)19)26(29)32/h1-14H,15H2,(H,28,30). The van der Waals surface area contributed by atoms with Crippen LogP contribution in [0.1, 0.15) is 20.7 Å². The van der Waals surface area contributed by atoms with Gasteiger partial charge < -0.3 is 5.32 Å². The molecule has 0 aliphatic carbocycles. The van der Waals surface area contributed by atoms with E-state index in [0.717, 1.165) is 10.3 Å². The molecule has 3 amide bonds. The Morgan fingerprint density at radius 1 is 0.818 bits per heavy atom. The normalized spacial score (nSPS) is 12.8. The highest BCUT2D eigenvalue weighted by molar-refractivity contribution is 8.00. The number of rotatable bonds is 5. The Morgan fingerprint density at radius 2 is 1.45 bits per heavy atom. The molecule has 0 spiro atoms. The maximum atomic E-state index is 13.1. The molecule has 33 heavy (non-hydrogen) atoms. The number of carbonyl (C=O) groups is 3. The van der Waals surface area contributed by atoms with Crippen LogP contribution in [0.15, 0.2) is 89.8 Å². The molecule has 0 unspecified atom stereocenters. The highest BCUT2D eigenvalue weighted by atomic mass is 35.5. The SMILES string of the molecule is O=C(CSc1ccccc1Cl)Nc1ccc(N2C(=O)c3cccc4cccc(c34)C2=O)cc1. The number of carbonyl (C=O) groups excluding carboxylic acids is 3. The smallest absolute Gasteiger partial charge is 0.265 e. The zero-order valence-corrected chi connectivity index (χ0v) is 18.8. The molecule has 1 heterocycles. The fourth-order valence-electron chi connectivity index (χ4n) is 3.86. The summed E-state index contributed by atoms with van der Waals surface area (Å²) >= 11 is 7.48. The van der Waals surface area contributed by atoms with Gasteiger partial charge in [0.05, 0.1) is 16.5 Å². The minimum Gasteiger partial charge on any atom is -0.325 e. The summed E-state index contributed by atoms with van der Waals surface area (Å²) in [6.45, 7) is 0. The van der Waals surface area contributed by atoms with E-state index >= 15 is 0 Å². The van der Waals surface area contributed by atoms with Crippen LogP contribution in [0.2, 0.25) is 5.02 Å². The van der Waals surface area contributed by atoms with Crippen molar-refractivity contribution in [2.75, 3.05) is 16.0 Å². The monoisotopic (exact) mass is 472 g/mol. The number of halogens is 1. The molecule has 162 valence electrons. The molecule has 0 fully saturated rings. The van der Waals surface area contributed by atoms with E-state index in [2.05, 4.69) is 5.32 Å². The lowest BCUT2D eigenvalue weighted by atomic mass is 9.94. The van der Waals surface area contributed by atoms with Gasteiger partial charge >= 0.3 is 0 Å². The van der Waals surface area contributed by atoms with Gasteiger partial charge in [-0.25, -0.2) is 4.90 Å². The Kier molecular flexibility index (Phi) is 5.62. The lowest BCUT2D eigenvalue weighted by Crippen LogP contribution is -2.40. The minimum absolute atomic E-state index is 0.182. The Hall–Kier alpha value is -3.61. The van der Waals surface area contributed by atoms with Crippen LogP contribution in [0.4, 0.5) is 11.4 Å². The Labute approximate surface area is 199 Å². The van der Waals surface area contributed by atoms with E-state index in [9.17, 15) is 14.4 Å². The van der Waals surface area contributed by atoms with Crippen molar-refractivity contribution in [2.45, 2.75) is 4.90 Å². The molecule has 5 nitrogen and oxygen atoms in total. The fraction of sp³-hybridized carbons (Fsp3) is 0.0385. The number of benzene rings is 4. The van der Waals surface area contributed by atoms with Crippen LogP contribution < -0.4 is 10.2 Å². The third kappa shape index (κ3) is 3.99. The summed E-state index contributed by atoms with van der Waals surface area (Å²) in [7, 11) is 0. The number of hydrogen-bond acceptors (Lipinski definition) is 4. The molecule has 4 aromatic carbocycles. The van der Waals surface area contributed by atoms with Crippen molar-refractivity contribution in [3.63, 3.8) is 0 Å². The van der Waals surface area contributed by atoms with Crippen molar-refractivity contribution in [1.29, 1.82) is 0 Å². The first-order valence-electron chi connectivity index (χ1n) is 10.2. The molecule has 1 N–H and O–H groups in total. The second-order valence-corrected chi connectivity index (χ2v) is 8.89. The van der Waals surface area contributed by atoms with E-state index in [1.807, 2.05) is 42.5 Å². The van der Waals surface area contributed by atoms with E-state index in [1.165, 1.54) is 16.7 Å². The topological polar surface area (TPSA) is 66.5 Å². The molecule has 1 aliphatic heterocycles. The van der Waals surface area contributed by atoms with Crippen LogP contribution in [-0.4, -0.2) is 23.5 Å². The van der Waals surface area contributed by atoms with Gasteiger partial charge in [0.15, 0.2) is 0 Å². The first-order valence-corrected chi connectivity index (χ1v) is 11.6. The molecule has 1 aliphatic rings. The predicted molar refractivity (Wildman–Crippen MR) is 132 cm³/mol. The maximum Gasteiger partial charge on any atom is 0.265 e. The molecule has 7 heteroatoms. The van der Waals surface area contributed by atoms with Crippen LogP contribution in [0, 0.1) is 0 Å². The van der Waals surface area contributed by atoms with Gasteiger partial charge in [0.25, 0.3) is 11.8 Å². The zero-order valence-electron chi connectivity index (χ0n) is 17.2. The van der Waals surface area contributed by atoms with Crippen molar-refractivity contribution in [3.05, 3.63) is 101 Å². The molecule has 4 aromatic rings. The summed E-state index contributed by atoms with van der Waals surface area (Å²) in [5.41, 5.74) is 2.01. The van der Waals surface area contributed by atoms with E-state index in [4.69, 9.17) is 11.6 Å². The fourth-order valence-corrected chi connectivity index (χ4v) is 4.90. The molecule has 5 rings (SSSR count). The largest absolute Gasteiger partial charge is 0.325 e. The summed E-state index contributed by atoms with van der Waals surface area (Å²) < 4.78 is 0. The third-order valence-corrected chi connectivity index (χ3v) is 6.89. The van der Waals surface area contributed by atoms with Crippen molar-refractivity contribution < 1.29 is 14.4 Å². The molecule has 0 atom stereocenters. The second-order valence-electron chi connectivity index (χ2n) is 7.47. The van der Waals surface area contributed by atoms with Gasteiger partial charge in [-0.2, -0.15) is 0 Å². The van der Waals surface area contributed by atoms with Crippen LogP contribution in [0.5, 0.6) is 0 Å². The minimum atomic E-state index is -0.364. The maximum absolute atomic E-state index is 13.1. The number of anilines is 2. The average Bonchev–Trinajstić information content (AvgIpc) is 2.83. The molecular formula is C26H17ClN2O3S. The van der Waals surface area contributed by atoms with E-state index in [0.29, 0.717) is 32.9 Å². The number of amides is 3. The molecule has 0 radical (unpaired) electrons. The highest BCUT2D eigenvalue weighted by Gasteiger charge is 2.33. The quantitative estimate of drug-likeness (QED) is 0.284. The lowest BCUT2D eigenvalue weighted by Gasteiger charge is -2.27. The van der Waals surface area contributed by atoms with E-state index < -0.39 is 0 Å². The Morgan fingerprint density at radius 3 is 2.09 bits per heavy atom.